The predicted molar refractivity (Wildman–Crippen MR) is 385 cm³/mol. The van der Waals surface area contributed by atoms with Gasteiger partial charge in [-0.3, -0.25) is 0 Å². The van der Waals surface area contributed by atoms with Crippen LogP contribution >= 0.6 is 0 Å². The van der Waals surface area contributed by atoms with Crippen LogP contribution in [0.3, 0.4) is 0 Å². The maximum absolute atomic E-state index is 7.10. The third kappa shape index (κ3) is 7.71. The Labute approximate surface area is 534 Å². The van der Waals surface area contributed by atoms with Gasteiger partial charge in [-0.15, -0.1) is 0 Å². The molecule has 0 N–H and O–H groups in total. The van der Waals surface area contributed by atoms with Gasteiger partial charge in [-0.2, -0.15) is 0 Å². The van der Waals surface area contributed by atoms with E-state index in [0.717, 1.165) is 88.7 Å². The molecule has 4 aliphatic rings. The second-order valence-corrected chi connectivity index (χ2v) is 26.6. The Kier molecular flexibility index (Phi) is 11.3. The lowest BCUT2D eigenvalue weighted by molar-refractivity contribution is 0.269. The highest BCUT2D eigenvalue weighted by atomic mass is 16.5. The normalized spacial score (nSPS) is 16.0. The lowest BCUT2D eigenvalue weighted by Gasteiger charge is -2.29. The van der Waals surface area contributed by atoms with Gasteiger partial charge in [0.05, 0.1) is 11.4 Å². The Bertz CT molecular complexity index is 5740. The van der Waals surface area contributed by atoms with E-state index in [0.29, 0.717) is 0 Å². The van der Waals surface area contributed by atoms with Crippen molar-refractivity contribution in [2.45, 2.75) is 50.5 Å². The summed E-state index contributed by atoms with van der Waals surface area (Å²) >= 11 is 0. The number of para-hydroxylation sites is 3. The fourth-order valence-corrected chi connectivity index (χ4v) is 16.4. The number of allylic oxidation sites excluding steroid dienone is 2. The summed E-state index contributed by atoms with van der Waals surface area (Å²) in [7, 11) is 0. The molecule has 14 aromatic carbocycles. The molecule has 0 saturated carbocycles. The Morgan fingerprint density at radius 1 is 0.337 bits per heavy atom. The molecule has 0 saturated heterocycles. The lowest BCUT2D eigenvalue weighted by atomic mass is 9.79. The standard InChI is InChI=1S/C88H62N2O2/c1-87(2)75-29-13-9-23-63(75)65-43-37-57(49-77(65)87)83-69-45-41-62(90(60-40-36-54-20-6-8-22-56(54)48-60)80-32-18-28-72-68-26-12-16-34-82(68)92-86(72)80)52-74(69)84(58-38-44-66-64-24-10-14-30-76(64)88(3,4)78(66)50-58)70-46-42-61(51-73(70)83)89(59-39-35-53-19-5-7-21-55(53)47-59)79-31-17-27-71-67-25-11-15-33-81(67)91-85(71)79/h5-52,67,81H,1-4H3. The first kappa shape index (κ1) is 52.7. The van der Waals surface area contributed by atoms with Crippen LogP contribution in [0.2, 0.25) is 0 Å². The Hall–Kier alpha value is -11.2. The van der Waals surface area contributed by atoms with Gasteiger partial charge in [-0.1, -0.05) is 234 Å². The van der Waals surface area contributed by atoms with E-state index in [9.17, 15) is 0 Å². The van der Waals surface area contributed by atoms with Crippen molar-refractivity contribution in [1.29, 1.82) is 0 Å². The second-order valence-electron chi connectivity index (χ2n) is 26.6. The van der Waals surface area contributed by atoms with Gasteiger partial charge in [0.25, 0.3) is 0 Å². The minimum absolute atomic E-state index is 0.0827. The third-order valence-electron chi connectivity index (χ3n) is 20.9. The van der Waals surface area contributed by atoms with E-state index in [1.165, 1.54) is 88.5 Å². The number of benzene rings is 14. The van der Waals surface area contributed by atoms with Gasteiger partial charge in [-0.05, 0) is 195 Å². The van der Waals surface area contributed by atoms with E-state index in [1.54, 1.807) is 0 Å². The van der Waals surface area contributed by atoms with Crippen molar-refractivity contribution in [3.8, 4) is 50.3 Å². The number of rotatable bonds is 8. The summed E-state index contributed by atoms with van der Waals surface area (Å²) in [5.41, 5.74) is 23.8. The van der Waals surface area contributed by atoms with Crippen LogP contribution in [0.4, 0.5) is 34.1 Å². The summed E-state index contributed by atoms with van der Waals surface area (Å²) < 4.78 is 14.1. The van der Waals surface area contributed by atoms with Gasteiger partial charge >= 0.3 is 0 Å². The van der Waals surface area contributed by atoms with Crippen molar-refractivity contribution in [3.63, 3.8) is 0 Å². The van der Waals surface area contributed by atoms with E-state index in [2.05, 4.69) is 329 Å². The number of nitrogens with zero attached hydrogens (tertiary/aromatic N) is 2. The van der Waals surface area contributed by atoms with Crippen LogP contribution in [0.15, 0.2) is 296 Å². The fourth-order valence-electron chi connectivity index (χ4n) is 16.4. The molecule has 19 rings (SSSR count). The molecular weight excluding hydrogens is 1120 g/mol. The summed E-state index contributed by atoms with van der Waals surface area (Å²) in [5.74, 6) is 1.04. The number of ether oxygens (including phenoxy) is 1. The van der Waals surface area contributed by atoms with E-state index < -0.39 is 0 Å². The molecule has 2 unspecified atom stereocenters. The number of hydrogen-bond acceptors (Lipinski definition) is 4. The largest absolute Gasteiger partial charge is 0.483 e. The van der Waals surface area contributed by atoms with Gasteiger partial charge < -0.3 is 19.0 Å². The predicted octanol–water partition coefficient (Wildman–Crippen LogP) is 24.1. The van der Waals surface area contributed by atoms with Crippen molar-refractivity contribution in [1.82, 2.24) is 0 Å². The van der Waals surface area contributed by atoms with Crippen LogP contribution in [-0.4, -0.2) is 6.10 Å². The number of anilines is 6. The zero-order valence-electron chi connectivity index (χ0n) is 51.6. The topological polar surface area (TPSA) is 28.9 Å². The van der Waals surface area contributed by atoms with Gasteiger partial charge in [0.2, 0.25) is 0 Å². The van der Waals surface area contributed by atoms with E-state index in [1.807, 2.05) is 0 Å². The monoisotopic (exact) mass is 1180 g/mol. The van der Waals surface area contributed by atoms with Crippen LogP contribution in [0.1, 0.15) is 61.4 Å². The van der Waals surface area contributed by atoms with Crippen LogP contribution < -0.4 is 14.5 Å². The molecule has 2 heterocycles. The van der Waals surface area contributed by atoms with Crippen molar-refractivity contribution >= 4 is 99.2 Å². The third-order valence-corrected chi connectivity index (χ3v) is 20.9. The molecule has 0 bridgehead atoms. The first-order valence-corrected chi connectivity index (χ1v) is 32.3. The molecule has 436 valence electrons. The average molecular weight is 1180 g/mol. The molecule has 4 nitrogen and oxygen atoms in total. The van der Waals surface area contributed by atoms with Gasteiger partial charge in [-0.25, -0.2) is 0 Å². The summed E-state index contributed by atoms with van der Waals surface area (Å²) in [6.07, 6.45) is 8.68. The molecule has 3 aliphatic carbocycles. The van der Waals surface area contributed by atoms with Crippen LogP contribution in [0.5, 0.6) is 5.75 Å². The maximum Gasteiger partial charge on any atom is 0.159 e. The molecule has 4 heteroatoms. The first-order valence-electron chi connectivity index (χ1n) is 32.3. The van der Waals surface area contributed by atoms with Crippen molar-refractivity contribution in [2.75, 3.05) is 9.80 Å². The molecule has 15 aromatic rings. The summed E-state index contributed by atoms with van der Waals surface area (Å²) in [6, 6.07) is 99.9. The molecule has 92 heavy (non-hydrogen) atoms. The number of fused-ring (bicyclic) bond motifs is 16. The Balaban J connectivity index is 0.930. The zero-order valence-corrected chi connectivity index (χ0v) is 51.6. The summed E-state index contributed by atoms with van der Waals surface area (Å²) in [6.45, 7) is 9.58. The Morgan fingerprint density at radius 3 is 1.43 bits per heavy atom. The highest BCUT2D eigenvalue weighted by Gasteiger charge is 2.39. The van der Waals surface area contributed by atoms with E-state index in [4.69, 9.17) is 9.15 Å². The highest BCUT2D eigenvalue weighted by molar-refractivity contribution is 6.23. The Morgan fingerprint density at radius 2 is 0.815 bits per heavy atom. The molecular formula is C88H62N2O2. The minimum Gasteiger partial charge on any atom is -0.483 e. The lowest BCUT2D eigenvalue weighted by Crippen LogP contribution is -2.16. The van der Waals surface area contributed by atoms with Crippen LogP contribution in [-0.2, 0) is 10.8 Å². The molecule has 0 radical (unpaired) electrons. The van der Waals surface area contributed by atoms with Crippen LogP contribution in [0.25, 0.3) is 110 Å². The fraction of sp³-hybridized carbons (Fsp3) is 0.0909. The molecule has 0 spiro atoms. The SMILES string of the molecule is CC1(C)c2ccccc2-c2ccc(-c3c4ccc(N(c5ccc6ccccc6c5)c5cccc6c5oc5ccccc56)cc4c(-c4ccc5c(c4)C(C)(C)c4ccccc4-5)c4ccc(N(c5ccc6ccccc6c5)c5cccc6c5OC5C=CC=CC65)cc34)cc21. The second kappa shape index (κ2) is 19.6. The van der Waals surface area contributed by atoms with Crippen LogP contribution in [0, 0.1) is 0 Å². The maximum atomic E-state index is 7.10. The van der Waals surface area contributed by atoms with Gasteiger partial charge in [0.1, 0.15) is 17.4 Å². The van der Waals surface area contributed by atoms with Gasteiger partial charge in [0.15, 0.2) is 5.58 Å². The highest BCUT2D eigenvalue weighted by Crippen LogP contribution is 2.57. The quantitative estimate of drug-likeness (QED) is 0.142. The molecule has 1 aliphatic heterocycles. The smallest absolute Gasteiger partial charge is 0.159 e. The van der Waals surface area contributed by atoms with E-state index in [-0.39, 0.29) is 22.9 Å². The summed E-state index contributed by atoms with van der Waals surface area (Å²) in [4.78, 5) is 4.87. The number of hydrogen-bond donors (Lipinski definition) is 0. The first-order chi connectivity index (χ1) is 45.1. The molecule has 0 amide bonds. The minimum atomic E-state index is -0.236. The number of furan rings is 1. The van der Waals surface area contributed by atoms with Crippen molar-refractivity contribution in [2.24, 2.45) is 0 Å². The van der Waals surface area contributed by atoms with Crippen molar-refractivity contribution < 1.29 is 9.15 Å². The van der Waals surface area contributed by atoms with E-state index >= 15 is 0 Å². The average Bonchev–Trinajstić information content (AvgIpc) is 0.917. The molecule has 2 atom stereocenters. The molecule has 1 aromatic heterocycles. The zero-order chi connectivity index (χ0) is 61.1. The summed E-state index contributed by atoms with van der Waals surface area (Å²) in [5, 5.41) is 11.5. The van der Waals surface area contributed by atoms with Gasteiger partial charge in [0, 0.05) is 55.8 Å². The molecule has 0 fully saturated rings. The van der Waals surface area contributed by atoms with Crippen molar-refractivity contribution in [3.05, 3.63) is 319 Å².